The summed E-state index contributed by atoms with van der Waals surface area (Å²) < 4.78 is 43.9. The molecule has 2 aromatic carbocycles. The number of carbonyl (C=O) groups is 1. The summed E-state index contributed by atoms with van der Waals surface area (Å²) in [5.74, 6) is 0.680. The van der Waals surface area contributed by atoms with E-state index in [2.05, 4.69) is 10.6 Å². The highest BCUT2D eigenvalue weighted by molar-refractivity contribution is 5.90. The van der Waals surface area contributed by atoms with E-state index < -0.39 is 23.4 Å². The van der Waals surface area contributed by atoms with Crippen LogP contribution in [0.1, 0.15) is 18.1 Å². The second-order valence-corrected chi connectivity index (χ2v) is 6.37. The lowest BCUT2D eigenvalue weighted by atomic mass is 9.96. The van der Waals surface area contributed by atoms with Crippen molar-refractivity contribution < 1.29 is 27.8 Å². The Labute approximate surface area is 155 Å². The molecular formula is C19H21F3N2O3. The van der Waals surface area contributed by atoms with Gasteiger partial charge < -0.3 is 20.5 Å². The highest BCUT2D eigenvalue weighted by Crippen LogP contribution is 2.34. The van der Waals surface area contributed by atoms with Gasteiger partial charge in [-0.15, -0.1) is 0 Å². The zero-order chi connectivity index (χ0) is 20.1. The molecule has 0 heterocycles. The first-order valence-corrected chi connectivity index (χ1v) is 8.17. The quantitative estimate of drug-likeness (QED) is 0.711. The van der Waals surface area contributed by atoms with Gasteiger partial charge in [0.1, 0.15) is 5.75 Å². The van der Waals surface area contributed by atoms with Gasteiger partial charge in [-0.3, -0.25) is 0 Å². The van der Waals surface area contributed by atoms with E-state index in [4.69, 9.17) is 4.74 Å². The predicted octanol–water partition coefficient (Wildman–Crippen LogP) is 3.83. The SMILES string of the molecule is COc1ccc(CC(C)(O)CNC(=O)Nc2ccccc2C(F)(F)F)cc1. The first-order valence-electron chi connectivity index (χ1n) is 8.17. The van der Waals surface area contributed by atoms with Crippen molar-refractivity contribution in [1.82, 2.24) is 5.32 Å². The number of halogens is 3. The molecule has 1 unspecified atom stereocenters. The summed E-state index contributed by atoms with van der Waals surface area (Å²) in [6.45, 7) is 1.39. The third-order valence-corrected chi connectivity index (χ3v) is 3.85. The number of methoxy groups -OCH3 is 1. The molecule has 0 aliphatic carbocycles. The molecule has 27 heavy (non-hydrogen) atoms. The number of ether oxygens (including phenoxy) is 1. The molecule has 5 nitrogen and oxygen atoms in total. The number of aliphatic hydroxyl groups is 1. The molecule has 8 heteroatoms. The maximum absolute atomic E-state index is 12.9. The van der Waals surface area contributed by atoms with Crippen LogP contribution < -0.4 is 15.4 Å². The Morgan fingerprint density at radius 3 is 2.33 bits per heavy atom. The van der Waals surface area contributed by atoms with E-state index in [1.54, 1.807) is 31.4 Å². The summed E-state index contributed by atoms with van der Waals surface area (Å²) in [6, 6.07) is 10.9. The number of hydrogen-bond acceptors (Lipinski definition) is 3. The minimum Gasteiger partial charge on any atom is -0.497 e. The number of anilines is 1. The fraction of sp³-hybridized carbons (Fsp3) is 0.316. The lowest BCUT2D eigenvalue weighted by molar-refractivity contribution is -0.136. The van der Waals surface area contributed by atoms with Gasteiger partial charge in [0, 0.05) is 13.0 Å². The monoisotopic (exact) mass is 382 g/mol. The molecule has 0 fully saturated rings. The van der Waals surface area contributed by atoms with Gasteiger partial charge in [-0.25, -0.2) is 4.79 Å². The van der Waals surface area contributed by atoms with Crippen molar-refractivity contribution in [2.24, 2.45) is 0 Å². The fourth-order valence-electron chi connectivity index (χ4n) is 2.52. The van der Waals surface area contributed by atoms with Crippen LogP contribution in [0.2, 0.25) is 0 Å². The zero-order valence-corrected chi connectivity index (χ0v) is 14.9. The molecule has 0 saturated carbocycles. The van der Waals surface area contributed by atoms with Crippen LogP contribution in [0.5, 0.6) is 5.75 Å². The van der Waals surface area contributed by atoms with Crippen LogP contribution in [0, 0.1) is 0 Å². The molecule has 0 saturated heterocycles. The molecule has 0 aliphatic heterocycles. The molecule has 2 rings (SSSR count). The summed E-state index contributed by atoms with van der Waals surface area (Å²) >= 11 is 0. The number of carbonyl (C=O) groups excluding carboxylic acids is 1. The molecule has 3 N–H and O–H groups in total. The van der Waals surface area contributed by atoms with E-state index in [1.807, 2.05) is 0 Å². The first kappa shape index (κ1) is 20.6. The van der Waals surface area contributed by atoms with E-state index in [0.717, 1.165) is 17.7 Å². The summed E-state index contributed by atoms with van der Waals surface area (Å²) in [6.07, 6.45) is -4.33. The summed E-state index contributed by atoms with van der Waals surface area (Å²) in [5, 5.41) is 15.0. The average Bonchev–Trinajstić information content (AvgIpc) is 2.60. The highest BCUT2D eigenvalue weighted by atomic mass is 19.4. The minimum absolute atomic E-state index is 0.140. The number of rotatable bonds is 6. The summed E-state index contributed by atoms with van der Waals surface area (Å²) in [4.78, 5) is 12.0. The smallest absolute Gasteiger partial charge is 0.418 e. The Kier molecular flexibility index (Phi) is 6.32. The molecule has 2 aromatic rings. The largest absolute Gasteiger partial charge is 0.497 e. The maximum Gasteiger partial charge on any atom is 0.418 e. The number of urea groups is 1. The second-order valence-electron chi connectivity index (χ2n) is 6.37. The minimum atomic E-state index is -4.58. The Hall–Kier alpha value is -2.74. The van der Waals surface area contributed by atoms with Gasteiger partial charge in [-0.2, -0.15) is 13.2 Å². The molecule has 0 aromatic heterocycles. The maximum atomic E-state index is 12.9. The van der Waals surface area contributed by atoms with Crippen molar-refractivity contribution >= 4 is 11.7 Å². The lowest BCUT2D eigenvalue weighted by Gasteiger charge is -2.24. The third kappa shape index (κ3) is 6.18. The average molecular weight is 382 g/mol. The van der Waals surface area contributed by atoms with Crippen LogP contribution in [-0.4, -0.2) is 30.4 Å². The lowest BCUT2D eigenvalue weighted by Crippen LogP contribution is -2.43. The van der Waals surface area contributed by atoms with E-state index in [1.165, 1.54) is 19.1 Å². The van der Waals surface area contributed by atoms with Crippen molar-refractivity contribution in [3.63, 3.8) is 0 Å². The van der Waals surface area contributed by atoms with Crippen LogP contribution in [0.3, 0.4) is 0 Å². The van der Waals surface area contributed by atoms with Crippen LogP contribution >= 0.6 is 0 Å². The molecule has 0 spiro atoms. The van der Waals surface area contributed by atoms with Gasteiger partial charge in [0.15, 0.2) is 0 Å². The Balaban J connectivity index is 1.94. The van der Waals surface area contributed by atoms with Crippen molar-refractivity contribution in [3.8, 4) is 5.75 Å². The fourth-order valence-corrected chi connectivity index (χ4v) is 2.52. The van der Waals surface area contributed by atoms with Gasteiger partial charge in [0.25, 0.3) is 0 Å². The van der Waals surface area contributed by atoms with Crippen LogP contribution in [-0.2, 0) is 12.6 Å². The van der Waals surface area contributed by atoms with Gasteiger partial charge >= 0.3 is 12.2 Å². The van der Waals surface area contributed by atoms with Crippen molar-refractivity contribution in [2.75, 3.05) is 19.0 Å². The second kappa shape index (κ2) is 8.30. The zero-order valence-electron chi connectivity index (χ0n) is 14.9. The molecule has 146 valence electrons. The number of hydrogen-bond donors (Lipinski definition) is 3. The van der Waals surface area contributed by atoms with Gasteiger partial charge in [0.05, 0.1) is 24.0 Å². The standard InChI is InChI=1S/C19H21F3N2O3/c1-18(26,11-13-7-9-14(27-2)10-8-13)12-23-17(25)24-16-6-4-3-5-15(16)19(20,21)22/h3-10,26H,11-12H2,1-2H3,(H2,23,24,25). The number of benzene rings is 2. The van der Waals surface area contributed by atoms with Gasteiger partial charge in [0.2, 0.25) is 0 Å². The Morgan fingerprint density at radius 2 is 1.74 bits per heavy atom. The number of amides is 2. The van der Waals surface area contributed by atoms with E-state index >= 15 is 0 Å². The van der Waals surface area contributed by atoms with Gasteiger partial charge in [-0.1, -0.05) is 24.3 Å². The van der Waals surface area contributed by atoms with Crippen LogP contribution in [0.4, 0.5) is 23.7 Å². The van der Waals surface area contributed by atoms with E-state index in [0.29, 0.717) is 5.75 Å². The molecule has 0 radical (unpaired) electrons. The van der Waals surface area contributed by atoms with Crippen LogP contribution in [0.25, 0.3) is 0 Å². The molecule has 0 aliphatic rings. The third-order valence-electron chi connectivity index (χ3n) is 3.85. The predicted molar refractivity (Wildman–Crippen MR) is 95.8 cm³/mol. The van der Waals surface area contributed by atoms with Crippen molar-refractivity contribution in [2.45, 2.75) is 25.1 Å². The number of alkyl halides is 3. The van der Waals surface area contributed by atoms with E-state index in [-0.39, 0.29) is 18.7 Å². The summed E-state index contributed by atoms with van der Waals surface area (Å²) in [5.41, 5.74) is -1.75. The number of para-hydroxylation sites is 1. The molecule has 2 amide bonds. The molecule has 1 atom stereocenters. The van der Waals surface area contributed by atoms with E-state index in [9.17, 15) is 23.1 Å². The first-order chi connectivity index (χ1) is 12.6. The molecular weight excluding hydrogens is 361 g/mol. The normalized spacial score (nSPS) is 13.6. The Morgan fingerprint density at radius 1 is 1.11 bits per heavy atom. The van der Waals surface area contributed by atoms with Crippen LogP contribution in [0.15, 0.2) is 48.5 Å². The van der Waals surface area contributed by atoms with Crippen molar-refractivity contribution in [1.29, 1.82) is 0 Å². The van der Waals surface area contributed by atoms with Crippen molar-refractivity contribution in [3.05, 3.63) is 59.7 Å². The molecule has 0 bridgehead atoms. The van der Waals surface area contributed by atoms with Gasteiger partial charge in [-0.05, 0) is 36.8 Å². The Bertz CT molecular complexity index is 775. The number of nitrogens with one attached hydrogen (secondary N) is 2. The summed E-state index contributed by atoms with van der Waals surface area (Å²) in [7, 11) is 1.55. The highest BCUT2D eigenvalue weighted by Gasteiger charge is 2.33. The topological polar surface area (TPSA) is 70.6 Å².